The quantitative estimate of drug-likeness (QED) is 0.365. The highest BCUT2D eigenvalue weighted by Crippen LogP contribution is 2.23. The first-order valence-electron chi connectivity index (χ1n) is 9.67. The van der Waals surface area contributed by atoms with Crippen molar-refractivity contribution < 1.29 is 4.79 Å². The van der Waals surface area contributed by atoms with Crippen LogP contribution in [0.1, 0.15) is 22.5 Å². The van der Waals surface area contributed by atoms with Gasteiger partial charge >= 0.3 is 0 Å². The van der Waals surface area contributed by atoms with Gasteiger partial charge in [-0.3, -0.25) is 4.79 Å². The number of nitrogens with two attached hydrogens (primary N) is 1. The summed E-state index contributed by atoms with van der Waals surface area (Å²) in [5.41, 5.74) is 4.09. The highest BCUT2D eigenvalue weighted by Gasteiger charge is 2.14. The second-order valence-electron chi connectivity index (χ2n) is 7.24. The number of nitrogen functional groups attached to an aromatic ring is 1. The highest BCUT2D eigenvalue weighted by molar-refractivity contribution is 7.99. The van der Waals surface area contributed by atoms with Gasteiger partial charge in [0, 0.05) is 12.1 Å². The molecule has 3 aromatic carbocycles. The molecule has 1 heterocycles. The lowest BCUT2D eigenvalue weighted by Gasteiger charge is -2.09. The molecule has 152 valence electrons. The maximum atomic E-state index is 12.4. The predicted octanol–water partition coefficient (Wildman–Crippen LogP) is 4.08. The Hall–Kier alpha value is -3.32. The molecule has 4 rings (SSSR count). The largest absolute Gasteiger partial charge is 0.336 e. The number of hydrogen-bond donors (Lipinski definition) is 2. The topological polar surface area (TPSA) is 85.8 Å². The van der Waals surface area contributed by atoms with Crippen LogP contribution in [0.15, 0.2) is 65.8 Å². The average molecular weight is 418 g/mol. The number of thioether (sulfide) groups is 1. The zero-order valence-corrected chi connectivity index (χ0v) is 17.7. The minimum Gasteiger partial charge on any atom is -0.336 e. The lowest BCUT2D eigenvalue weighted by molar-refractivity contribution is -0.113. The molecule has 0 fully saturated rings. The number of nitrogens with zero attached hydrogens (tertiary/aromatic N) is 3. The molecule has 1 amide bonds. The van der Waals surface area contributed by atoms with Crippen molar-refractivity contribution in [2.75, 3.05) is 16.9 Å². The van der Waals surface area contributed by atoms with E-state index in [1.54, 1.807) is 0 Å². The number of aryl methyl sites for hydroxylation is 2. The Bertz CT molecular complexity index is 1210. The SMILES string of the molecule is Cc1ccc(C)c(NC(=O)CSc2nnc(Cc3cccc4ccccc34)n2N)c1. The number of fused-ring (bicyclic) bond motifs is 1. The van der Waals surface area contributed by atoms with E-state index in [0.29, 0.717) is 17.4 Å². The summed E-state index contributed by atoms with van der Waals surface area (Å²) in [5.74, 6) is 6.97. The van der Waals surface area contributed by atoms with Crippen LogP contribution < -0.4 is 11.2 Å². The van der Waals surface area contributed by atoms with Gasteiger partial charge in [0.1, 0.15) is 0 Å². The van der Waals surface area contributed by atoms with Crippen LogP contribution in [0.25, 0.3) is 10.8 Å². The van der Waals surface area contributed by atoms with Crippen molar-refractivity contribution in [1.29, 1.82) is 0 Å². The van der Waals surface area contributed by atoms with Gasteiger partial charge in [-0.1, -0.05) is 66.4 Å². The van der Waals surface area contributed by atoms with Crippen LogP contribution in [0.3, 0.4) is 0 Å². The fourth-order valence-electron chi connectivity index (χ4n) is 3.33. The van der Waals surface area contributed by atoms with Crippen LogP contribution in [-0.4, -0.2) is 26.5 Å². The van der Waals surface area contributed by atoms with Gasteiger partial charge < -0.3 is 11.2 Å². The van der Waals surface area contributed by atoms with Gasteiger partial charge in [-0.05, 0) is 47.4 Å². The van der Waals surface area contributed by atoms with Crippen LogP contribution >= 0.6 is 11.8 Å². The number of benzene rings is 3. The Balaban J connectivity index is 1.43. The molecule has 0 saturated carbocycles. The van der Waals surface area contributed by atoms with Gasteiger partial charge in [0.05, 0.1) is 5.75 Å². The Morgan fingerprint density at radius 2 is 1.87 bits per heavy atom. The number of hydrogen-bond acceptors (Lipinski definition) is 5. The summed E-state index contributed by atoms with van der Waals surface area (Å²) in [7, 11) is 0. The Morgan fingerprint density at radius 1 is 1.07 bits per heavy atom. The normalized spacial score (nSPS) is 11.0. The lowest BCUT2D eigenvalue weighted by Crippen LogP contribution is -2.18. The van der Waals surface area contributed by atoms with Gasteiger partial charge in [-0.2, -0.15) is 0 Å². The minimum absolute atomic E-state index is 0.104. The summed E-state index contributed by atoms with van der Waals surface area (Å²) in [6.07, 6.45) is 0.570. The molecule has 3 N–H and O–H groups in total. The third-order valence-electron chi connectivity index (χ3n) is 4.96. The van der Waals surface area contributed by atoms with Crippen LogP contribution in [-0.2, 0) is 11.2 Å². The molecule has 7 heteroatoms. The third kappa shape index (κ3) is 4.31. The van der Waals surface area contributed by atoms with Crippen molar-refractivity contribution >= 4 is 34.1 Å². The number of aromatic nitrogens is 3. The molecule has 0 bridgehead atoms. The summed E-state index contributed by atoms with van der Waals surface area (Å²) in [6.45, 7) is 3.97. The van der Waals surface area contributed by atoms with E-state index < -0.39 is 0 Å². The number of carbonyl (C=O) groups excluding carboxylic acids is 1. The lowest BCUT2D eigenvalue weighted by atomic mass is 10.0. The number of rotatable bonds is 6. The number of amides is 1. The molecule has 0 spiro atoms. The monoisotopic (exact) mass is 417 g/mol. The first-order valence-corrected chi connectivity index (χ1v) is 10.7. The highest BCUT2D eigenvalue weighted by atomic mass is 32.2. The van der Waals surface area contributed by atoms with E-state index in [1.807, 2.05) is 50.2 Å². The Labute approximate surface area is 179 Å². The minimum atomic E-state index is -0.104. The van der Waals surface area contributed by atoms with E-state index in [4.69, 9.17) is 5.84 Å². The molecule has 0 radical (unpaired) electrons. The molecule has 0 aliphatic rings. The summed E-state index contributed by atoms with van der Waals surface area (Å²) >= 11 is 1.27. The second kappa shape index (κ2) is 8.59. The van der Waals surface area contributed by atoms with Crippen LogP contribution in [0.2, 0.25) is 0 Å². The molecular formula is C23H23N5OS. The summed E-state index contributed by atoms with van der Waals surface area (Å²) in [6, 6.07) is 20.4. The van der Waals surface area contributed by atoms with Gasteiger partial charge in [-0.25, -0.2) is 4.68 Å². The number of anilines is 1. The smallest absolute Gasteiger partial charge is 0.234 e. The molecule has 30 heavy (non-hydrogen) atoms. The molecule has 0 atom stereocenters. The van der Waals surface area contributed by atoms with Crippen molar-refractivity contribution in [3.63, 3.8) is 0 Å². The van der Waals surface area contributed by atoms with E-state index in [-0.39, 0.29) is 11.7 Å². The molecule has 0 saturated heterocycles. The van der Waals surface area contributed by atoms with Gasteiger partial charge in [-0.15, -0.1) is 10.2 Å². The fourth-order valence-corrected chi connectivity index (χ4v) is 4.01. The van der Waals surface area contributed by atoms with E-state index in [1.165, 1.54) is 27.2 Å². The first kappa shape index (κ1) is 20.0. The van der Waals surface area contributed by atoms with Crippen molar-refractivity contribution in [2.45, 2.75) is 25.4 Å². The summed E-state index contributed by atoms with van der Waals surface area (Å²) in [5, 5.41) is 14.2. The zero-order chi connectivity index (χ0) is 21.1. The Kier molecular flexibility index (Phi) is 5.72. The van der Waals surface area contributed by atoms with Crippen LogP contribution in [0.4, 0.5) is 5.69 Å². The van der Waals surface area contributed by atoms with Gasteiger partial charge in [0.25, 0.3) is 0 Å². The Morgan fingerprint density at radius 3 is 2.73 bits per heavy atom. The molecule has 0 aliphatic carbocycles. The van der Waals surface area contributed by atoms with E-state index >= 15 is 0 Å². The van der Waals surface area contributed by atoms with Crippen molar-refractivity contribution in [3.05, 3.63) is 83.2 Å². The van der Waals surface area contributed by atoms with Gasteiger partial charge in [0.2, 0.25) is 11.1 Å². The maximum Gasteiger partial charge on any atom is 0.234 e. The standard InChI is InChI=1S/C23H23N5OS/c1-15-10-11-16(2)20(12-15)25-22(29)14-30-23-27-26-21(28(23)24)13-18-8-5-7-17-6-3-4-9-19(17)18/h3-12H,13-14,24H2,1-2H3,(H,25,29). The van der Waals surface area contributed by atoms with Crippen LogP contribution in [0.5, 0.6) is 0 Å². The first-order chi connectivity index (χ1) is 14.5. The van der Waals surface area contributed by atoms with E-state index in [0.717, 1.165) is 22.4 Å². The van der Waals surface area contributed by atoms with Gasteiger partial charge in [0.15, 0.2) is 5.82 Å². The van der Waals surface area contributed by atoms with Crippen molar-refractivity contribution in [2.24, 2.45) is 0 Å². The second-order valence-corrected chi connectivity index (χ2v) is 8.18. The van der Waals surface area contributed by atoms with Crippen molar-refractivity contribution in [1.82, 2.24) is 14.9 Å². The molecule has 1 aromatic heterocycles. The van der Waals surface area contributed by atoms with E-state index in [2.05, 4.69) is 39.8 Å². The molecule has 0 aliphatic heterocycles. The average Bonchev–Trinajstić information content (AvgIpc) is 3.09. The summed E-state index contributed by atoms with van der Waals surface area (Å²) < 4.78 is 1.47. The fraction of sp³-hybridized carbons (Fsp3) is 0.174. The molecule has 6 nitrogen and oxygen atoms in total. The molecule has 0 unspecified atom stereocenters. The number of nitrogens with one attached hydrogen (secondary N) is 1. The molecule has 4 aromatic rings. The summed E-state index contributed by atoms with van der Waals surface area (Å²) in [4.78, 5) is 12.4. The maximum absolute atomic E-state index is 12.4. The molecular weight excluding hydrogens is 394 g/mol. The van der Waals surface area contributed by atoms with Crippen molar-refractivity contribution in [3.8, 4) is 0 Å². The number of carbonyl (C=O) groups is 1. The van der Waals surface area contributed by atoms with E-state index in [9.17, 15) is 4.79 Å². The van der Waals surface area contributed by atoms with Crippen LogP contribution in [0, 0.1) is 13.8 Å². The zero-order valence-electron chi connectivity index (χ0n) is 16.9. The predicted molar refractivity (Wildman–Crippen MR) is 122 cm³/mol. The third-order valence-corrected chi connectivity index (χ3v) is 5.91.